The van der Waals surface area contributed by atoms with Crippen molar-refractivity contribution in [1.82, 2.24) is 9.97 Å². The van der Waals surface area contributed by atoms with Crippen LogP contribution in [0.25, 0.3) is 0 Å². The van der Waals surface area contributed by atoms with Gasteiger partial charge in [-0.2, -0.15) is 0 Å². The van der Waals surface area contributed by atoms with Crippen molar-refractivity contribution in [2.75, 3.05) is 5.32 Å². The van der Waals surface area contributed by atoms with E-state index in [1.165, 1.54) is 6.20 Å². The van der Waals surface area contributed by atoms with Crippen molar-refractivity contribution in [2.45, 2.75) is 26.7 Å². The molecule has 0 saturated carbocycles. The van der Waals surface area contributed by atoms with E-state index in [-0.39, 0.29) is 5.91 Å². The first-order valence-corrected chi connectivity index (χ1v) is 6.83. The van der Waals surface area contributed by atoms with Crippen molar-refractivity contribution in [3.8, 4) is 0 Å². The lowest BCUT2D eigenvalue weighted by molar-refractivity contribution is -0.138. The number of carbonyl (C=O) groups is 2. The van der Waals surface area contributed by atoms with Gasteiger partial charge < -0.3 is 10.4 Å². The molecule has 0 aliphatic heterocycles. The van der Waals surface area contributed by atoms with Crippen molar-refractivity contribution < 1.29 is 14.7 Å². The van der Waals surface area contributed by atoms with Gasteiger partial charge in [0.15, 0.2) is 0 Å². The highest BCUT2D eigenvalue weighted by Crippen LogP contribution is 2.20. The van der Waals surface area contributed by atoms with E-state index >= 15 is 0 Å². The lowest BCUT2D eigenvalue weighted by Crippen LogP contribution is -2.15. The number of aliphatic carboxylic acids is 1. The summed E-state index contributed by atoms with van der Waals surface area (Å²) in [6.07, 6.45) is 1.48. The molecule has 1 amide bonds. The fraction of sp³-hybridized carbons (Fsp3) is 0.250. The molecule has 6 heteroatoms. The van der Waals surface area contributed by atoms with Gasteiger partial charge in [0, 0.05) is 11.9 Å². The lowest BCUT2D eigenvalue weighted by atomic mass is 10.0. The van der Waals surface area contributed by atoms with Crippen LogP contribution in [0, 0.1) is 13.8 Å². The SMILES string of the molecule is Cc1ncc(C(=O)Nc2cccc(C(C)C(=O)O)c2)c(C)n1. The zero-order valence-corrected chi connectivity index (χ0v) is 12.6. The Kier molecular flexibility index (Phi) is 4.50. The van der Waals surface area contributed by atoms with Crippen LogP contribution in [0.3, 0.4) is 0 Å². The van der Waals surface area contributed by atoms with Gasteiger partial charge in [0.25, 0.3) is 5.91 Å². The van der Waals surface area contributed by atoms with Gasteiger partial charge in [-0.3, -0.25) is 9.59 Å². The first-order valence-electron chi connectivity index (χ1n) is 6.83. The highest BCUT2D eigenvalue weighted by atomic mass is 16.4. The molecule has 2 aromatic rings. The number of carboxylic acid groups (broad SMARTS) is 1. The molecule has 6 nitrogen and oxygen atoms in total. The molecule has 0 spiro atoms. The molecule has 2 N–H and O–H groups in total. The molecular weight excluding hydrogens is 282 g/mol. The molecule has 1 aromatic heterocycles. The molecule has 0 bridgehead atoms. The fourth-order valence-corrected chi connectivity index (χ4v) is 2.03. The summed E-state index contributed by atoms with van der Waals surface area (Å²) in [5.74, 6) is -1.27. The molecule has 1 aromatic carbocycles. The molecule has 22 heavy (non-hydrogen) atoms. The van der Waals surface area contributed by atoms with Gasteiger partial charge in [0.2, 0.25) is 0 Å². The van der Waals surface area contributed by atoms with Crippen molar-refractivity contribution in [1.29, 1.82) is 0 Å². The molecule has 114 valence electrons. The molecule has 1 atom stereocenters. The number of aryl methyl sites for hydroxylation is 2. The number of anilines is 1. The lowest BCUT2D eigenvalue weighted by Gasteiger charge is -2.11. The maximum absolute atomic E-state index is 12.3. The number of nitrogens with one attached hydrogen (secondary N) is 1. The van der Waals surface area contributed by atoms with Gasteiger partial charge in [0.05, 0.1) is 17.2 Å². The predicted molar refractivity (Wildman–Crippen MR) is 82.0 cm³/mol. The zero-order chi connectivity index (χ0) is 16.3. The summed E-state index contributed by atoms with van der Waals surface area (Å²) in [4.78, 5) is 31.5. The summed E-state index contributed by atoms with van der Waals surface area (Å²) in [7, 11) is 0. The van der Waals surface area contributed by atoms with Crippen LogP contribution in [0.4, 0.5) is 5.69 Å². The van der Waals surface area contributed by atoms with Crippen LogP contribution in [-0.4, -0.2) is 27.0 Å². The molecule has 1 heterocycles. The van der Waals surface area contributed by atoms with Crippen LogP contribution in [-0.2, 0) is 4.79 Å². The molecule has 0 aliphatic rings. The van der Waals surface area contributed by atoms with E-state index in [0.29, 0.717) is 28.3 Å². The molecule has 0 fully saturated rings. The number of hydrogen-bond donors (Lipinski definition) is 2. The van der Waals surface area contributed by atoms with Crippen molar-refractivity contribution in [2.24, 2.45) is 0 Å². The van der Waals surface area contributed by atoms with E-state index in [4.69, 9.17) is 5.11 Å². The Balaban J connectivity index is 2.22. The maximum Gasteiger partial charge on any atom is 0.310 e. The monoisotopic (exact) mass is 299 g/mol. The van der Waals surface area contributed by atoms with Crippen LogP contribution in [0.2, 0.25) is 0 Å². The number of aromatic nitrogens is 2. The summed E-state index contributed by atoms with van der Waals surface area (Å²) in [5.41, 5.74) is 2.15. The van der Waals surface area contributed by atoms with E-state index in [1.807, 2.05) is 0 Å². The molecule has 2 rings (SSSR count). The van der Waals surface area contributed by atoms with E-state index in [2.05, 4.69) is 15.3 Å². The molecular formula is C16H17N3O3. The largest absolute Gasteiger partial charge is 0.481 e. The second kappa shape index (κ2) is 6.34. The third-order valence-electron chi connectivity index (χ3n) is 3.36. The summed E-state index contributed by atoms with van der Waals surface area (Å²) < 4.78 is 0. The van der Waals surface area contributed by atoms with Crippen molar-refractivity contribution >= 4 is 17.6 Å². The van der Waals surface area contributed by atoms with Gasteiger partial charge in [-0.25, -0.2) is 9.97 Å². The van der Waals surface area contributed by atoms with Crippen LogP contribution in [0.5, 0.6) is 0 Å². The van der Waals surface area contributed by atoms with Crippen LogP contribution in [0.15, 0.2) is 30.5 Å². The molecule has 0 radical (unpaired) electrons. The maximum atomic E-state index is 12.3. The number of carbonyl (C=O) groups excluding carboxylic acids is 1. The van der Waals surface area contributed by atoms with E-state index in [9.17, 15) is 9.59 Å². The van der Waals surface area contributed by atoms with Gasteiger partial charge in [0.1, 0.15) is 5.82 Å². The smallest absolute Gasteiger partial charge is 0.310 e. The number of benzene rings is 1. The number of carboxylic acids is 1. The first kappa shape index (κ1) is 15.6. The second-order valence-electron chi connectivity index (χ2n) is 5.06. The Labute approximate surface area is 128 Å². The quantitative estimate of drug-likeness (QED) is 0.905. The van der Waals surface area contributed by atoms with Gasteiger partial charge >= 0.3 is 5.97 Å². The minimum atomic E-state index is -0.911. The normalized spacial score (nSPS) is 11.8. The van der Waals surface area contributed by atoms with Crippen molar-refractivity contribution in [3.05, 3.63) is 53.1 Å². The van der Waals surface area contributed by atoms with E-state index in [1.54, 1.807) is 45.0 Å². The second-order valence-corrected chi connectivity index (χ2v) is 5.06. The first-order chi connectivity index (χ1) is 10.4. The molecule has 0 aliphatic carbocycles. The number of amides is 1. The number of nitrogens with zero attached hydrogens (tertiary/aromatic N) is 2. The van der Waals surface area contributed by atoms with Gasteiger partial charge in [-0.15, -0.1) is 0 Å². The Hall–Kier alpha value is -2.76. The van der Waals surface area contributed by atoms with E-state index < -0.39 is 11.9 Å². The van der Waals surface area contributed by atoms with Crippen LogP contribution in [0.1, 0.15) is 40.3 Å². The summed E-state index contributed by atoms with van der Waals surface area (Å²) in [6, 6.07) is 6.79. The zero-order valence-electron chi connectivity index (χ0n) is 12.6. The Morgan fingerprint density at radius 3 is 2.64 bits per heavy atom. The van der Waals surface area contributed by atoms with E-state index in [0.717, 1.165) is 0 Å². The van der Waals surface area contributed by atoms with Crippen LogP contribution < -0.4 is 5.32 Å². The Morgan fingerprint density at radius 2 is 2.00 bits per heavy atom. The standard InChI is InChI=1S/C16H17N3O3/c1-9(16(21)22)12-5-4-6-13(7-12)19-15(20)14-8-17-11(3)18-10(14)2/h4-9H,1-3H3,(H,19,20)(H,21,22). The minimum absolute atomic E-state index is 0.322. The van der Waals surface area contributed by atoms with Crippen LogP contribution >= 0.6 is 0 Å². The average molecular weight is 299 g/mol. The van der Waals surface area contributed by atoms with Gasteiger partial charge in [-0.1, -0.05) is 12.1 Å². The molecule has 1 unspecified atom stereocenters. The predicted octanol–water partition coefficient (Wildman–Crippen LogP) is 2.53. The third kappa shape index (κ3) is 3.46. The highest BCUT2D eigenvalue weighted by Gasteiger charge is 2.15. The Bertz CT molecular complexity index is 728. The number of hydrogen-bond acceptors (Lipinski definition) is 4. The average Bonchev–Trinajstić information content (AvgIpc) is 2.46. The summed E-state index contributed by atoms with van der Waals surface area (Å²) in [6.45, 7) is 5.10. The number of rotatable bonds is 4. The summed E-state index contributed by atoms with van der Waals surface area (Å²) >= 11 is 0. The van der Waals surface area contributed by atoms with Gasteiger partial charge in [-0.05, 0) is 38.5 Å². The highest BCUT2D eigenvalue weighted by molar-refractivity contribution is 6.04. The minimum Gasteiger partial charge on any atom is -0.481 e. The van der Waals surface area contributed by atoms with Crippen molar-refractivity contribution in [3.63, 3.8) is 0 Å². The topological polar surface area (TPSA) is 92.2 Å². The third-order valence-corrected chi connectivity index (χ3v) is 3.36. The summed E-state index contributed by atoms with van der Waals surface area (Å²) in [5, 5.41) is 11.8. The fourth-order valence-electron chi connectivity index (χ4n) is 2.03. The Morgan fingerprint density at radius 1 is 1.27 bits per heavy atom. The molecule has 0 saturated heterocycles.